The van der Waals surface area contributed by atoms with E-state index in [2.05, 4.69) is 0 Å². The van der Waals surface area contributed by atoms with Crippen molar-refractivity contribution in [2.45, 2.75) is 32.6 Å². The van der Waals surface area contributed by atoms with Crippen molar-refractivity contribution in [3.8, 4) is 11.5 Å². The lowest BCUT2D eigenvalue weighted by molar-refractivity contribution is -0.138. The van der Waals surface area contributed by atoms with Gasteiger partial charge in [-0.15, -0.1) is 0 Å². The largest absolute Gasteiger partial charge is 0.496 e. The van der Waals surface area contributed by atoms with E-state index < -0.39 is 11.4 Å². The molecule has 0 fully saturated rings. The minimum atomic E-state index is -0.829. The van der Waals surface area contributed by atoms with Crippen LogP contribution in [-0.2, 0) is 10.2 Å². The molecule has 4 nitrogen and oxygen atoms in total. The Morgan fingerprint density at radius 2 is 1.72 bits per heavy atom. The van der Waals surface area contributed by atoms with Gasteiger partial charge in [-0.25, -0.2) is 0 Å². The number of hydrogen-bond donors (Lipinski definition) is 1. The molecule has 0 aromatic heterocycles. The summed E-state index contributed by atoms with van der Waals surface area (Å²) in [6.45, 7) is 5.71. The average molecular weight is 252 g/mol. The standard InChI is InChI=1S/C14H20O4/c1-9-10(17-4)6-7-11(18-5)13(9)14(2,3)8-12(15)16/h6-7H,8H2,1-5H3,(H,15,16). The van der Waals surface area contributed by atoms with E-state index in [1.54, 1.807) is 14.2 Å². The van der Waals surface area contributed by atoms with E-state index >= 15 is 0 Å². The van der Waals surface area contributed by atoms with E-state index in [1.165, 1.54) is 0 Å². The van der Waals surface area contributed by atoms with Gasteiger partial charge in [0, 0.05) is 11.0 Å². The highest BCUT2D eigenvalue weighted by Crippen LogP contribution is 2.40. The second-order valence-corrected chi connectivity index (χ2v) is 4.92. The first kappa shape index (κ1) is 14.4. The average Bonchev–Trinajstić information content (AvgIpc) is 2.26. The molecule has 100 valence electrons. The summed E-state index contributed by atoms with van der Waals surface area (Å²) in [6.07, 6.45) is 0.0391. The third kappa shape index (κ3) is 2.75. The number of carboxylic acids is 1. The maximum atomic E-state index is 11.0. The number of benzene rings is 1. The van der Waals surface area contributed by atoms with Crippen LogP contribution in [0, 0.1) is 6.92 Å². The summed E-state index contributed by atoms with van der Waals surface area (Å²) in [5, 5.41) is 9.02. The number of rotatable bonds is 5. The van der Waals surface area contributed by atoms with Gasteiger partial charge in [0.2, 0.25) is 0 Å². The highest BCUT2D eigenvalue weighted by atomic mass is 16.5. The molecule has 0 atom stereocenters. The number of ether oxygens (including phenoxy) is 2. The Morgan fingerprint density at radius 1 is 1.22 bits per heavy atom. The van der Waals surface area contributed by atoms with E-state index in [0.717, 1.165) is 16.9 Å². The first-order chi connectivity index (χ1) is 8.33. The van der Waals surface area contributed by atoms with E-state index in [9.17, 15) is 4.79 Å². The summed E-state index contributed by atoms with van der Waals surface area (Å²) in [7, 11) is 3.18. The Kier molecular flexibility index (Phi) is 4.22. The van der Waals surface area contributed by atoms with Crippen LogP contribution in [0.15, 0.2) is 12.1 Å². The highest BCUT2D eigenvalue weighted by molar-refractivity contribution is 5.70. The molecule has 1 N–H and O–H groups in total. The van der Waals surface area contributed by atoms with Crippen LogP contribution in [0.3, 0.4) is 0 Å². The molecule has 0 unspecified atom stereocenters. The normalized spacial score (nSPS) is 11.2. The molecular weight excluding hydrogens is 232 g/mol. The van der Waals surface area contributed by atoms with Gasteiger partial charge in [0.05, 0.1) is 20.6 Å². The number of methoxy groups -OCH3 is 2. The topological polar surface area (TPSA) is 55.8 Å². The third-order valence-corrected chi connectivity index (χ3v) is 3.09. The van der Waals surface area contributed by atoms with E-state index in [1.807, 2.05) is 32.9 Å². The second kappa shape index (κ2) is 5.29. The maximum Gasteiger partial charge on any atom is 0.304 e. The second-order valence-electron chi connectivity index (χ2n) is 4.92. The summed E-state index contributed by atoms with van der Waals surface area (Å²) in [4.78, 5) is 11.0. The van der Waals surface area contributed by atoms with Gasteiger partial charge in [-0.3, -0.25) is 4.79 Å². The molecule has 0 amide bonds. The van der Waals surface area contributed by atoms with Crippen molar-refractivity contribution >= 4 is 5.97 Å². The Hall–Kier alpha value is -1.71. The molecule has 0 spiro atoms. The lowest BCUT2D eigenvalue weighted by atomic mass is 9.78. The van der Waals surface area contributed by atoms with E-state index in [0.29, 0.717) is 5.75 Å². The quantitative estimate of drug-likeness (QED) is 0.875. The molecule has 0 aliphatic rings. The summed E-state index contributed by atoms with van der Waals surface area (Å²) in [5.41, 5.74) is 1.28. The predicted octanol–water partition coefficient (Wildman–Crippen LogP) is 2.76. The molecule has 0 heterocycles. The fraction of sp³-hybridized carbons (Fsp3) is 0.500. The van der Waals surface area contributed by atoms with Crippen molar-refractivity contribution < 1.29 is 19.4 Å². The Labute approximate surface area is 108 Å². The lowest BCUT2D eigenvalue weighted by Gasteiger charge is -2.28. The number of aliphatic carboxylic acids is 1. The molecule has 18 heavy (non-hydrogen) atoms. The van der Waals surface area contributed by atoms with Crippen molar-refractivity contribution in [2.24, 2.45) is 0 Å². The minimum absolute atomic E-state index is 0.0391. The van der Waals surface area contributed by atoms with Crippen LogP contribution in [-0.4, -0.2) is 25.3 Å². The van der Waals surface area contributed by atoms with Gasteiger partial charge in [-0.05, 0) is 24.6 Å². The van der Waals surface area contributed by atoms with Gasteiger partial charge in [-0.2, -0.15) is 0 Å². The fourth-order valence-corrected chi connectivity index (χ4v) is 2.37. The van der Waals surface area contributed by atoms with Crippen LogP contribution >= 0.6 is 0 Å². The Bertz CT molecular complexity index is 449. The van der Waals surface area contributed by atoms with Crippen molar-refractivity contribution in [3.05, 3.63) is 23.3 Å². The summed E-state index contributed by atoms with van der Waals surface area (Å²) >= 11 is 0. The summed E-state index contributed by atoms with van der Waals surface area (Å²) in [5.74, 6) is 0.605. The number of carboxylic acid groups (broad SMARTS) is 1. The van der Waals surface area contributed by atoms with Crippen LogP contribution in [0.1, 0.15) is 31.4 Å². The summed E-state index contributed by atoms with van der Waals surface area (Å²) in [6, 6.07) is 3.64. The predicted molar refractivity (Wildman–Crippen MR) is 69.6 cm³/mol. The van der Waals surface area contributed by atoms with Crippen LogP contribution in [0.2, 0.25) is 0 Å². The number of carbonyl (C=O) groups is 1. The molecule has 4 heteroatoms. The van der Waals surface area contributed by atoms with Crippen molar-refractivity contribution in [1.29, 1.82) is 0 Å². The molecule has 1 rings (SSSR count). The zero-order valence-corrected chi connectivity index (χ0v) is 11.5. The van der Waals surface area contributed by atoms with Crippen molar-refractivity contribution in [1.82, 2.24) is 0 Å². The molecule has 1 aromatic carbocycles. The number of hydrogen-bond acceptors (Lipinski definition) is 3. The van der Waals surface area contributed by atoms with Gasteiger partial charge in [0.1, 0.15) is 11.5 Å². The van der Waals surface area contributed by atoms with Crippen LogP contribution < -0.4 is 9.47 Å². The van der Waals surface area contributed by atoms with Gasteiger partial charge < -0.3 is 14.6 Å². The van der Waals surface area contributed by atoms with Crippen LogP contribution in [0.5, 0.6) is 11.5 Å². The van der Waals surface area contributed by atoms with Crippen molar-refractivity contribution in [3.63, 3.8) is 0 Å². The first-order valence-corrected chi connectivity index (χ1v) is 5.77. The molecule has 0 aliphatic heterocycles. The molecule has 0 saturated heterocycles. The van der Waals surface area contributed by atoms with Gasteiger partial charge in [0.15, 0.2) is 0 Å². The van der Waals surface area contributed by atoms with Gasteiger partial charge in [-0.1, -0.05) is 13.8 Å². The molecular formula is C14H20O4. The fourth-order valence-electron chi connectivity index (χ4n) is 2.37. The minimum Gasteiger partial charge on any atom is -0.496 e. The molecule has 0 saturated carbocycles. The maximum absolute atomic E-state index is 11.0. The van der Waals surface area contributed by atoms with Crippen molar-refractivity contribution in [2.75, 3.05) is 14.2 Å². The highest BCUT2D eigenvalue weighted by Gasteiger charge is 2.30. The zero-order valence-electron chi connectivity index (χ0n) is 11.5. The molecule has 0 bridgehead atoms. The van der Waals surface area contributed by atoms with Gasteiger partial charge in [0.25, 0.3) is 0 Å². The van der Waals surface area contributed by atoms with Gasteiger partial charge >= 0.3 is 5.97 Å². The van der Waals surface area contributed by atoms with E-state index in [4.69, 9.17) is 14.6 Å². The Morgan fingerprint density at radius 3 is 2.17 bits per heavy atom. The van der Waals surface area contributed by atoms with Crippen LogP contribution in [0.25, 0.3) is 0 Å². The SMILES string of the molecule is COc1ccc(OC)c(C(C)(C)CC(=O)O)c1C. The smallest absolute Gasteiger partial charge is 0.304 e. The Balaban J connectivity index is 3.40. The zero-order chi connectivity index (χ0) is 13.9. The molecule has 0 aliphatic carbocycles. The monoisotopic (exact) mass is 252 g/mol. The van der Waals surface area contributed by atoms with Crippen LogP contribution in [0.4, 0.5) is 0 Å². The molecule has 0 radical (unpaired) electrons. The molecule has 1 aromatic rings. The summed E-state index contributed by atoms with van der Waals surface area (Å²) < 4.78 is 10.6. The first-order valence-electron chi connectivity index (χ1n) is 5.77. The lowest BCUT2D eigenvalue weighted by Crippen LogP contribution is -2.24. The van der Waals surface area contributed by atoms with E-state index in [-0.39, 0.29) is 6.42 Å². The third-order valence-electron chi connectivity index (χ3n) is 3.09.